The molecular formula is C24H28F2N2O6S2. The third-order valence-corrected chi connectivity index (χ3v) is 9.56. The van der Waals surface area contributed by atoms with Crippen molar-refractivity contribution in [3.8, 4) is 5.75 Å². The second-order valence-electron chi connectivity index (χ2n) is 9.33. The molecule has 2 fully saturated rings. The number of halogens is 2. The zero-order valence-electron chi connectivity index (χ0n) is 20.2. The molecule has 1 amide bonds. The fourth-order valence-corrected chi connectivity index (χ4v) is 6.49. The van der Waals surface area contributed by atoms with E-state index in [1.807, 2.05) is 0 Å². The van der Waals surface area contributed by atoms with Gasteiger partial charge in [-0.25, -0.2) is 25.6 Å². The molecular weight excluding hydrogens is 514 g/mol. The number of ether oxygens (including phenoxy) is 1. The molecule has 2 aliphatic rings. The second kappa shape index (κ2) is 9.62. The normalized spacial score (nSPS) is 16.9. The fraction of sp³-hybridized carbons (Fsp3) is 0.458. The van der Waals surface area contributed by atoms with E-state index < -0.39 is 47.4 Å². The van der Waals surface area contributed by atoms with Gasteiger partial charge in [-0.15, -0.1) is 0 Å². The SMILES string of the molecule is CC(C)Oc1ccc(S(C)(=O)=O)cc1C(=O)N1CCN(c2ccc(S(=O)(=O)C3CC3)c(F)c2F)CC1. The summed E-state index contributed by atoms with van der Waals surface area (Å²) in [5, 5.41) is -0.655. The first-order valence-electron chi connectivity index (χ1n) is 11.6. The van der Waals surface area contributed by atoms with Gasteiger partial charge in [0.2, 0.25) is 0 Å². The van der Waals surface area contributed by atoms with Crippen molar-refractivity contribution in [2.75, 3.05) is 37.3 Å². The first-order valence-corrected chi connectivity index (χ1v) is 15.0. The van der Waals surface area contributed by atoms with Gasteiger partial charge in [-0.1, -0.05) is 0 Å². The van der Waals surface area contributed by atoms with Gasteiger partial charge in [-0.05, 0) is 57.0 Å². The minimum atomic E-state index is -3.89. The third kappa shape index (κ3) is 5.19. The van der Waals surface area contributed by atoms with Crippen LogP contribution in [0.25, 0.3) is 0 Å². The van der Waals surface area contributed by atoms with Gasteiger partial charge in [-0.2, -0.15) is 0 Å². The van der Waals surface area contributed by atoms with Crippen LogP contribution in [0, 0.1) is 11.6 Å². The van der Waals surface area contributed by atoms with E-state index in [1.165, 1.54) is 29.2 Å². The Hall–Kier alpha value is -2.73. The molecule has 0 unspecified atom stereocenters. The van der Waals surface area contributed by atoms with Crippen LogP contribution in [-0.4, -0.2) is 71.4 Å². The highest BCUT2D eigenvalue weighted by atomic mass is 32.2. The molecule has 1 heterocycles. The van der Waals surface area contributed by atoms with Crippen molar-refractivity contribution in [1.29, 1.82) is 0 Å². The molecule has 8 nitrogen and oxygen atoms in total. The molecule has 4 rings (SSSR count). The second-order valence-corrected chi connectivity index (χ2v) is 13.5. The molecule has 196 valence electrons. The Balaban J connectivity index is 1.53. The fourth-order valence-electron chi connectivity index (χ4n) is 4.13. The van der Waals surface area contributed by atoms with Gasteiger partial charge >= 0.3 is 0 Å². The van der Waals surface area contributed by atoms with Gasteiger partial charge in [0.1, 0.15) is 10.6 Å². The molecule has 36 heavy (non-hydrogen) atoms. The molecule has 2 aromatic carbocycles. The van der Waals surface area contributed by atoms with Gasteiger partial charge in [-0.3, -0.25) is 4.79 Å². The molecule has 1 aliphatic carbocycles. The summed E-state index contributed by atoms with van der Waals surface area (Å²) in [5.41, 5.74) is 0.0317. The molecule has 0 bridgehead atoms. The van der Waals surface area contributed by atoms with Crippen LogP contribution in [0.3, 0.4) is 0 Å². The monoisotopic (exact) mass is 542 g/mol. The van der Waals surface area contributed by atoms with Gasteiger partial charge in [0.25, 0.3) is 5.91 Å². The predicted octanol–water partition coefficient (Wildman–Crippen LogP) is 3.05. The lowest BCUT2D eigenvalue weighted by molar-refractivity contribution is 0.0740. The van der Waals surface area contributed by atoms with Gasteiger partial charge in [0, 0.05) is 32.4 Å². The zero-order chi connectivity index (χ0) is 26.4. The highest BCUT2D eigenvalue weighted by Crippen LogP contribution is 2.37. The van der Waals surface area contributed by atoms with Crippen molar-refractivity contribution < 1.29 is 35.1 Å². The lowest BCUT2D eigenvalue weighted by Gasteiger charge is -2.36. The Kier molecular flexibility index (Phi) is 7.04. The van der Waals surface area contributed by atoms with Crippen molar-refractivity contribution in [2.45, 2.75) is 47.8 Å². The minimum absolute atomic E-state index is 0.0145. The Morgan fingerprint density at radius 3 is 2.17 bits per heavy atom. The number of anilines is 1. The number of carbonyl (C=O) groups is 1. The van der Waals surface area contributed by atoms with Crippen LogP contribution in [0.1, 0.15) is 37.0 Å². The molecule has 0 N–H and O–H groups in total. The van der Waals surface area contributed by atoms with E-state index in [0.29, 0.717) is 12.8 Å². The quantitative estimate of drug-likeness (QED) is 0.530. The lowest BCUT2D eigenvalue weighted by Crippen LogP contribution is -2.49. The summed E-state index contributed by atoms with van der Waals surface area (Å²) in [5.74, 6) is -2.80. The van der Waals surface area contributed by atoms with E-state index in [-0.39, 0.29) is 54.2 Å². The number of benzene rings is 2. The Morgan fingerprint density at radius 2 is 1.61 bits per heavy atom. The first kappa shape index (κ1) is 26.3. The molecule has 0 radical (unpaired) electrons. The summed E-state index contributed by atoms with van der Waals surface area (Å²) in [6.07, 6.45) is 1.69. The Labute approximate surface area is 209 Å². The minimum Gasteiger partial charge on any atom is -0.490 e. The number of sulfone groups is 2. The van der Waals surface area contributed by atoms with E-state index in [9.17, 15) is 30.4 Å². The predicted molar refractivity (Wildman–Crippen MR) is 130 cm³/mol. The van der Waals surface area contributed by atoms with Crippen LogP contribution in [0.15, 0.2) is 40.1 Å². The van der Waals surface area contributed by atoms with Crippen LogP contribution in [0.2, 0.25) is 0 Å². The highest BCUT2D eigenvalue weighted by Gasteiger charge is 2.39. The van der Waals surface area contributed by atoms with Crippen LogP contribution < -0.4 is 9.64 Å². The summed E-state index contributed by atoms with van der Waals surface area (Å²) >= 11 is 0. The van der Waals surface area contributed by atoms with E-state index in [1.54, 1.807) is 18.7 Å². The molecule has 1 aliphatic heterocycles. The van der Waals surface area contributed by atoms with Crippen molar-refractivity contribution in [3.63, 3.8) is 0 Å². The van der Waals surface area contributed by atoms with Crippen LogP contribution in [0.5, 0.6) is 5.75 Å². The largest absolute Gasteiger partial charge is 0.490 e. The number of carbonyl (C=O) groups excluding carboxylic acids is 1. The zero-order valence-corrected chi connectivity index (χ0v) is 21.8. The van der Waals surface area contributed by atoms with Crippen molar-refractivity contribution in [2.24, 2.45) is 0 Å². The molecule has 1 saturated carbocycles. The molecule has 0 atom stereocenters. The number of piperazine rings is 1. The average molecular weight is 543 g/mol. The maximum Gasteiger partial charge on any atom is 0.257 e. The van der Waals surface area contributed by atoms with Crippen molar-refractivity contribution in [3.05, 3.63) is 47.5 Å². The van der Waals surface area contributed by atoms with Gasteiger partial charge in [0.05, 0.1) is 27.5 Å². The van der Waals surface area contributed by atoms with E-state index in [2.05, 4.69) is 0 Å². The molecule has 2 aromatic rings. The van der Waals surface area contributed by atoms with Gasteiger partial charge < -0.3 is 14.5 Å². The van der Waals surface area contributed by atoms with Crippen molar-refractivity contribution in [1.82, 2.24) is 4.90 Å². The maximum atomic E-state index is 14.9. The summed E-state index contributed by atoms with van der Waals surface area (Å²) < 4.78 is 84.1. The van der Waals surface area contributed by atoms with E-state index in [4.69, 9.17) is 4.74 Å². The summed E-state index contributed by atoms with van der Waals surface area (Å²) in [4.78, 5) is 15.7. The van der Waals surface area contributed by atoms with E-state index in [0.717, 1.165) is 12.3 Å². The third-order valence-electron chi connectivity index (χ3n) is 6.18. The molecule has 0 spiro atoms. The highest BCUT2D eigenvalue weighted by molar-refractivity contribution is 7.92. The number of hydrogen-bond donors (Lipinski definition) is 0. The summed E-state index contributed by atoms with van der Waals surface area (Å²) in [7, 11) is -7.44. The number of hydrogen-bond acceptors (Lipinski definition) is 7. The van der Waals surface area contributed by atoms with E-state index >= 15 is 0 Å². The van der Waals surface area contributed by atoms with Crippen LogP contribution in [0.4, 0.5) is 14.5 Å². The average Bonchev–Trinajstić information content (AvgIpc) is 3.66. The first-order chi connectivity index (χ1) is 16.8. The maximum absolute atomic E-state index is 14.9. The standard InChI is InChI=1S/C24H28F2N2O6S2/c1-15(2)34-20-8-6-17(35(3,30)31)14-18(20)24(29)28-12-10-27(11-13-28)19-7-9-21(23(26)22(19)25)36(32,33)16-4-5-16/h6-9,14-16H,4-5,10-13H2,1-3H3. The van der Waals surface area contributed by atoms with Crippen LogP contribution in [-0.2, 0) is 19.7 Å². The van der Waals surface area contributed by atoms with Crippen LogP contribution >= 0.6 is 0 Å². The Bertz CT molecular complexity index is 1400. The molecule has 0 aromatic heterocycles. The lowest BCUT2D eigenvalue weighted by atomic mass is 10.1. The summed E-state index contributed by atoms with van der Waals surface area (Å²) in [6, 6.07) is 6.48. The summed E-state index contributed by atoms with van der Waals surface area (Å²) in [6.45, 7) is 4.23. The Morgan fingerprint density at radius 1 is 0.972 bits per heavy atom. The number of rotatable bonds is 7. The molecule has 12 heteroatoms. The molecule has 1 saturated heterocycles. The van der Waals surface area contributed by atoms with Crippen molar-refractivity contribution >= 4 is 31.3 Å². The smallest absolute Gasteiger partial charge is 0.257 e. The number of amides is 1. The topological polar surface area (TPSA) is 101 Å². The van der Waals surface area contributed by atoms with Gasteiger partial charge in [0.15, 0.2) is 31.3 Å². The number of nitrogens with zero attached hydrogens (tertiary/aromatic N) is 2.